The summed E-state index contributed by atoms with van der Waals surface area (Å²) in [6, 6.07) is 1.59. The average Bonchev–Trinajstić information content (AvgIpc) is 3.44. The lowest BCUT2D eigenvalue weighted by Gasteiger charge is -2.26. The van der Waals surface area contributed by atoms with E-state index in [0.717, 1.165) is 17.8 Å². The van der Waals surface area contributed by atoms with E-state index in [2.05, 4.69) is 31.9 Å². The van der Waals surface area contributed by atoms with Gasteiger partial charge in [0, 0.05) is 29.2 Å². The second-order valence-corrected chi connectivity index (χ2v) is 10.1. The molecule has 36 heavy (non-hydrogen) atoms. The van der Waals surface area contributed by atoms with Crippen LogP contribution in [0.25, 0.3) is 17.2 Å². The fraction of sp³-hybridized carbons (Fsp3) is 0.385. The summed E-state index contributed by atoms with van der Waals surface area (Å²) in [4.78, 5) is 34.4. The summed E-state index contributed by atoms with van der Waals surface area (Å²) in [5, 5.41) is 7.63. The molecule has 5 heterocycles. The SMILES string of the molecule is C=C1Nc2nc(-c3cn4ncnc4c(CC4CCCCC4)n3)nc(N)c2C1(C)c1cc(=O)c(C)c[nH]1. The third-order valence-electron chi connectivity index (χ3n) is 7.72. The highest BCUT2D eigenvalue weighted by atomic mass is 16.1. The lowest BCUT2D eigenvalue weighted by Crippen LogP contribution is -2.28. The van der Waals surface area contributed by atoms with Crippen LogP contribution in [0.3, 0.4) is 0 Å². The zero-order valence-corrected chi connectivity index (χ0v) is 20.5. The summed E-state index contributed by atoms with van der Waals surface area (Å²) in [5.41, 5.74) is 10.6. The van der Waals surface area contributed by atoms with E-state index < -0.39 is 5.41 Å². The van der Waals surface area contributed by atoms with Gasteiger partial charge >= 0.3 is 0 Å². The Kier molecular flexibility index (Phi) is 5.13. The van der Waals surface area contributed by atoms with Gasteiger partial charge in [-0.05, 0) is 26.2 Å². The van der Waals surface area contributed by atoms with Crippen LogP contribution in [-0.4, -0.2) is 34.5 Å². The van der Waals surface area contributed by atoms with Crippen molar-refractivity contribution >= 4 is 17.3 Å². The van der Waals surface area contributed by atoms with E-state index in [-0.39, 0.29) is 5.43 Å². The number of nitrogens with zero attached hydrogens (tertiary/aromatic N) is 6. The van der Waals surface area contributed by atoms with Crippen molar-refractivity contribution in [1.82, 2.24) is 34.5 Å². The third-order valence-corrected chi connectivity index (χ3v) is 7.72. The summed E-state index contributed by atoms with van der Waals surface area (Å²) in [7, 11) is 0. The number of aromatic nitrogens is 7. The van der Waals surface area contributed by atoms with Crippen molar-refractivity contribution < 1.29 is 0 Å². The predicted molar refractivity (Wildman–Crippen MR) is 138 cm³/mol. The van der Waals surface area contributed by atoms with E-state index in [4.69, 9.17) is 15.7 Å². The smallest absolute Gasteiger partial charge is 0.184 e. The average molecular weight is 484 g/mol. The summed E-state index contributed by atoms with van der Waals surface area (Å²) in [6.07, 6.45) is 12.1. The summed E-state index contributed by atoms with van der Waals surface area (Å²) >= 11 is 0. The Morgan fingerprint density at radius 1 is 1.22 bits per heavy atom. The number of nitrogen functional groups attached to an aromatic ring is 1. The number of allylic oxidation sites excluding steroid dienone is 1. The van der Waals surface area contributed by atoms with E-state index in [9.17, 15) is 4.79 Å². The molecule has 4 N–H and O–H groups in total. The Morgan fingerprint density at radius 3 is 2.81 bits per heavy atom. The van der Waals surface area contributed by atoms with E-state index in [1.165, 1.54) is 32.1 Å². The molecule has 10 heteroatoms. The van der Waals surface area contributed by atoms with E-state index in [0.29, 0.717) is 51.6 Å². The van der Waals surface area contributed by atoms with Crippen LogP contribution in [0.2, 0.25) is 0 Å². The van der Waals surface area contributed by atoms with Gasteiger partial charge in [0.15, 0.2) is 16.9 Å². The summed E-state index contributed by atoms with van der Waals surface area (Å²) in [6.45, 7) is 7.94. The van der Waals surface area contributed by atoms with Crippen LogP contribution in [-0.2, 0) is 11.8 Å². The molecule has 4 aromatic rings. The fourth-order valence-corrected chi connectivity index (χ4v) is 5.53. The normalized spacial score (nSPS) is 20.0. The topological polar surface area (TPSA) is 140 Å². The van der Waals surface area contributed by atoms with Crippen molar-refractivity contribution in [2.75, 3.05) is 11.1 Å². The Balaban J connectivity index is 1.44. The van der Waals surface area contributed by atoms with Crippen molar-refractivity contribution in [3.63, 3.8) is 0 Å². The van der Waals surface area contributed by atoms with Gasteiger partial charge < -0.3 is 16.0 Å². The standard InChI is InChI=1S/C26H29N9O/c1-14-11-28-20(10-19(14)36)26(3)15(2)31-24-21(26)22(27)33-23(34-24)18-12-35-25(29-13-30-35)17(32-18)9-16-7-5-4-6-8-16/h10-13,16H,2,4-9H2,1,3H3,(H,28,36)(H3,27,31,33,34). The van der Waals surface area contributed by atoms with Gasteiger partial charge in [-0.15, -0.1) is 0 Å². The highest BCUT2D eigenvalue weighted by Gasteiger charge is 2.44. The second-order valence-electron chi connectivity index (χ2n) is 10.1. The van der Waals surface area contributed by atoms with Crippen molar-refractivity contribution in [1.29, 1.82) is 0 Å². The van der Waals surface area contributed by atoms with Crippen LogP contribution in [0, 0.1) is 12.8 Å². The number of aromatic amines is 1. The van der Waals surface area contributed by atoms with Gasteiger partial charge in [-0.3, -0.25) is 4.79 Å². The lowest BCUT2D eigenvalue weighted by molar-refractivity contribution is 0.354. The van der Waals surface area contributed by atoms with Crippen LogP contribution < -0.4 is 16.5 Å². The molecule has 1 aliphatic heterocycles. The monoisotopic (exact) mass is 483 g/mol. The second kappa shape index (κ2) is 8.25. The first-order valence-electron chi connectivity index (χ1n) is 12.4. The van der Waals surface area contributed by atoms with E-state index in [1.54, 1.807) is 36.2 Å². The first-order chi connectivity index (χ1) is 17.3. The highest BCUT2D eigenvalue weighted by Crippen LogP contribution is 2.48. The molecule has 0 bridgehead atoms. The number of rotatable bonds is 4. The quantitative estimate of drug-likeness (QED) is 0.400. The van der Waals surface area contributed by atoms with E-state index >= 15 is 0 Å². The Morgan fingerprint density at radius 2 is 2.03 bits per heavy atom. The zero-order valence-electron chi connectivity index (χ0n) is 20.5. The van der Waals surface area contributed by atoms with Crippen molar-refractivity contribution in [2.45, 2.75) is 57.8 Å². The molecule has 0 amide bonds. The van der Waals surface area contributed by atoms with Crippen molar-refractivity contribution in [2.24, 2.45) is 5.92 Å². The molecular weight excluding hydrogens is 454 g/mol. The number of hydrogen-bond acceptors (Lipinski definition) is 8. The van der Waals surface area contributed by atoms with Crippen molar-refractivity contribution in [3.05, 3.63) is 69.8 Å². The maximum Gasteiger partial charge on any atom is 0.184 e. The van der Waals surface area contributed by atoms with Gasteiger partial charge in [-0.1, -0.05) is 38.7 Å². The predicted octanol–water partition coefficient (Wildman–Crippen LogP) is 3.53. The molecule has 6 rings (SSSR count). The number of anilines is 2. The Labute approximate surface area is 208 Å². The minimum Gasteiger partial charge on any atom is -0.383 e. The molecule has 10 nitrogen and oxygen atoms in total. The van der Waals surface area contributed by atoms with Gasteiger partial charge in [0.2, 0.25) is 0 Å². The highest BCUT2D eigenvalue weighted by molar-refractivity contribution is 5.76. The number of nitrogens with two attached hydrogens (primary N) is 1. The van der Waals surface area contributed by atoms with Crippen LogP contribution >= 0.6 is 0 Å². The minimum atomic E-state index is -0.791. The molecular formula is C26H29N9O. The Hall–Kier alpha value is -4.08. The number of hydrogen-bond donors (Lipinski definition) is 3. The molecule has 2 aliphatic rings. The number of aryl methyl sites for hydroxylation is 1. The van der Waals surface area contributed by atoms with Gasteiger partial charge in [0.1, 0.15) is 23.7 Å². The maximum absolute atomic E-state index is 12.4. The first kappa shape index (κ1) is 22.4. The third kappa shape index (κ3) is 3.47. The van der Waals surface area contributed by atoms with Gasteiger partial charge in [0.25, 0.3) is 0 Å². The Bertz CT molecular complexity index is 1560. The number of fused-ring (bicyclic) bond motifs is 2. The molecule has 1 atom stereocenters. The molecule has 1 fully saturated rings. The minimum absolute atomic E-state index is 0.0573. The van der Waals surface area contributed by atoms with Gasteiger partial charge in [-0.25, -0.2) is 24.5 Å². The molecule has 0 aromatic carbocycles. The summed E-state index contributed by atoms with van der Waals surface area (Å²) in [5.74, 6) is 1.85. The molecule has 4 aromatic heterocycles. The molecule has 1 saturated carbocycles. The van der Waals surface area contributed by atoms with E-state index in [1.807, 2.05) is 6.92 Å². The fourth-order valence-electron chi connectivity index (χ4n) is 5.53. The number of pyridine rings is 1. The van der Waals surface area contributed by atoms with Gasteiger partial charge in [0.05, 0.1) is 22.9 Å². The van der Waals surface area contributed by atoms with Crippen molar-refractivity contribution in [3.8, 4) is 11.5 Å². The molecule has 1 unspecified atom stereocenters. The molecule has 0 spiro atoms. The van der Waals surface area contributed by atoms with Crippen LogP contribution in [0.5, 0.6) is 0 Å². The zero-order chi connectivity index (χ0) is 25.0. The lowest BCUT2D eigenvalue weighted by atomic mass is 9.79. The number of H-pyrrole nitrogens is 1. The molecule has 1 aliphatic carbocycles. The van der Waals surface area contributed by atoms with Crippen LogP contribution in [0.4, 0.5) is 11.6 Å². The van der Waals surface area contributed by atoms with Gasteiger partial charge in [-0.2, -0.15) is 5.10 Å². The number of nitrogens with one attached hydrogen (secondary N) is 2. The van der Waals surface area contributed by atoms with Crippen LogP contribution in [0.1, 0.15) is 61.5 Å². The largest absolute Gasteiger partial charge is 0.383 e. The van der Waals surface area contributed by atoms with Crippen LogP contribution in [0.15, 0.2) is 41.9 Å². The maximum atomic E-state index is 12.4. The molecule has 184 valence electrons. The first-order valence-corrected chi connectivity index (χ1v) is 12.4. The summed E-state index contributed by atoms with van der Waals surface area (Å²) < 4.78 is 1.74. The molecule has 0 radical (unpaired) electrons. The molecule has 0 saturated heterocycles.